The fourth-order valence-corrected chi connectivity index (χ4v) is 10.4. The molecule has 2 aromatic heterocycles. The highest BCUT2D eigenvalue weighted by atomic mass is 35.5. The van der Waals surface area contributed by atoms with Crippen LogP contribution in [0, 0.1) is 34.1 Å². The number of nitrogens with zero attached hydrogens (tertiary/aromatic N) is 7. The highest BCUT2D eigenvalue weighted by Crippen LogP contribution is 2.44. The summed E-state index contributed by atoms with van der Waals surface area (Å²) in [5.74, 6) is -0.906. The van der Waals surface area contributed by atoms with E-state index < -0.39 is 42.5 Å². The van der Waals surface area contributed by atoms with Crippen LogP contribution in [-0.2, 0) is 20.0 Å². The average Bonchev–Trinajstić information content (AvgIpc) is 3.79. The zero-order valence-electron chi connectivity index (χ0n) is 38.5. The Hall–Kier alpha value is -5.71. The molecule has 0 aliphatic carbocycles. The Morgan fingerprint density at radius 3 is 1.49 bits per heavy atom. The van der Waals surface area contributed by atoms with Gasteiger partial charge in [-0.2, -0.15) is 8.61 Å². The van der Waals surface area contributed by atoms with Gasteiger partial charge in [0.1, 0.15) is 0 Å². The number of aromatic nitrogens is 2. The van der Waals surface area contributed by atoms with Gasteiger partial charge in [0.25, 0.3) is 0 Å². The molecule has 21 nitrogen and oxygen atoms in total. The maximum Gasteiger partial charge on any atom is 0.586 e. The van der Waals surface area contributed by atoms with Gasteiger partial charge in [-0.25, -0.2) is 26.8 Å². The Morgan fingerprint density at radius 1 is 0.686 bits per heavy atom. The summed E-state index contributed by atoms with van der Waals surface area (Å²) in [6, 6.07) is 12.3. The van der Waals surface area contributed by atoms with Crippen molar-refractivity contribution in [2.75, 3.05) is 51.1 Å². The van der Waals surface area contributed by atoms with Gasteiger partial charge in [-0.05, 0) is 95.6 Å². The smallest absolute Gasteiger partial charge is 0.395 e. The van der Waals surface area contributed by atoms with E-state index in [1.165, 1.54) is 58.6 Å². The van der Waals surface area contributed by atoms with E-state index in [4.69, 9.17) is 17.3 Å². The normalized spacial score (nSPS) is 17.5. The fourth-order valence-electron chi connectivity index (χ4n) is 7.16. The molecule has 0 unspecified atom stereocenters. The van der Waals surface area contributed by atoms with Gasteiger partial charge < -0.3 is 34.9 Å². The number of fused-ring (bicyclic) bond motifs is 2. The van der Waals surface area contributed by atoms with Crippen LogP contribution in [-0.4, -0.2) is 121 Å². The van der Waals surface area contributed by atoms with Crippen molar-refractivity contribution in [2.24, 2.45) is 5.73 Å². The molecule has 0 amide bonds. The van der Waals surface area contributed by atoms with Gasteiger partial charge in [0, 0.05) is 73.9 Å². The number of ether oxygens (including phenoxy) is 4. The Morgan fingerprint density at radius 2 is 1.09 bits per heavy atom. The molecule has 0 spiro atoms. The second-order valence-electron chi connectivity index (χ2n) is 15.8. The molecule has 4 aliphatic heterocycles. The number of piperidine rings is 2. The van der Waals surface area contributed by atoms with Gasteiger partial charge in [-0.15, -0.1) is 17.6 Å². The Kier molecular flexibility index (Phi) is 18.2. The van der Waals surface area contributed by atoms with E-state index in [1.54, 1.807) is 26.0 Å². The van der Waals surface area contributed by atoms with E-state index in [0.717, 1.165) is 18.2 Å². The third-order valence-corrected chi connectivity index (χ3v) is 15.1. The second-order valence-corrected chi connectivity index (χ2v) is 20.1. The Bertz CT molecular complexity index is 2720. The predicted molar refractivity (Wildman–Crippen MR) is 246 cm³/mol. The van der Waals surface area contributed by atoms with Gasteiger partial charge in [0.2, 0.25) is 31.0 Å². The standard InChI is InChI=1S/C18H18F2N4O6S.C12H14F2N2O4S.C6H5ClN2O2.C6H15N/c1-11-2-4-14(24(25)26)17(21-11)22-12-6-8-23(9-7-12)31(27,28)13-3-5-15-16(10-13)30-18(19,20)29-15;13-12(14)19-10-2-1-9(7-11(10)20-12)21(17,18)16-5-3-8(15)4-6-16;1-4-2-3-5(9(10)11)6(7)8-4;1-4-7(5-2)6-3/h2-5,10,12H,6-9H2,1H3,(H,21,22);1-2,7-8H,3-6,15H2;2-3H,1H3;4-6H2,1-3H3. The minimum Gasteiger partial charge on any atom is -0.395 e. The minimum atomic E-state index is -3.94. The van der Waals surface area contributed by atoms with E-state index in [9.17, 15) is 54.6 Å². The molecule has 0 saturated carbocycles. The van der Waals surface area contributed by atoms with E-state index >= 15 is 0 Å². The van der Waals surface area contributed by atoms with Crippen molar-refractivity contribution < 1.29 is 63.2 Å². The van der Waals surface area contributed by atoms with Gasteiger partial charge in [-0.3, -0.25) is 20.2 Å². The molecule has 0 radical (unpaired) electrons. The molecule has 70 heavy (non-hydrogen) atoms. The molecular weight excluding hydrogens is 998 g/mol. The fraction of sp³-hybridized carbons (Fsp3) is 0.476. The molecule has 4 aliphatic rings. The molecule has 0 bridgehead atoms. The van der Waals surface area contributed by atoms with E-state index in [2.05, 4.69) is 59.9 Å². The number of nitro groups is 2. The predicted octanol–water partition coefficient (Wildman–Crippen LogP) is 7.30. The van der Waals surface area contributed by atoms with Crippen LogP contribution >= 0.6 is 11.6 Å². The van der Waals surface area contributed by atoms with Crippen LogP contribution < -0.4 is 30.0 Å². The minimum absolute atomic E-state index is 0.00750. The summed E-state index contributed by atoms with van der Waals surface area (Å²) in [6.07, 6.45) is -5.68. The van der Waals surface area contributed by atoms with Gasteiger partial charge in [0.15, 0.2) is 23.0 Å². The first-order valence-electron chi connectivity index (χ1n) is 21.7. The molecule has 2 aromatic carbocycles. The quantitative estimate of drug-likeness (QED) is 0.0645. The summed E-state index contributed by atoms with van der Waals surface area (Å²) < 4.78 is 123. The lowest BCUT2D eigenvalue weighted by molar-refractivity contribution is -0.385. The molecule has 0 atom stereocenters. The molecule has 4 aromatic rings. The van der Waals surface area contributed by atoms with Crippen LogP contribution in [0.2, 0.25) is 5.15 Å². The highest BCUT2D eigenvalue weighted by Gasteiger charge is 2.45. The van der Waals surface area contributed by atoms with Gasteiger partial charge in [0.05, 0.1) is 19.6 Å². The molecule has 6 heterocycles. The van der Waals surface area contributed by atoms with Crippen LogP contribution in [0.3, 0.4) is 0 Å². The summed E-state index contributed by atoms with van der Waals surface area (Å²) in [5, 5.41) is 24.4. The summed E-state index contributed by atoms with van der Waals surface area (Å²) in [4.78, 5) is 30.3. The van der Waals surface area contributed by atoms with E-state index in [0.29, 0.717) is 50.2 Å². The van der Waals surface area contributed by atoms with Crippen LogP contribution in [0.1, 0.15) is 57.8 Å². The summed E-state index contributed by atoms with van der Waals surface area (Å²) in [5.41, 5.74) is 6.71. The lowest BCUT2D eigenvalue weighted by Gasteiger charge is -2.31. The van der Waals surface area contributed by atoms with Crippen molar-refractivity contribution in [3.8, 4) is 23.0 Å². The first-order valence-corrected chi connectivity index (χ1v) is 25.0. The number of rotatable bonds is 11. The monoisotopic (exact) mass is 1050 g/mol. The topological polar surface area (TPSA) is 265 Å². The first-order chi connectivity index (χ1) is 32.8. The molecule has 3 N–H and O–H groups in total. The number of benzene rings is 2. The van der Waals surface area contributed by atoms with Crippen molar-refractivity contribution in [1.29, 1.82) is 0 Å². The molecule has 384 valence electrons. The van der Waals surface area contributed by atoms with Crippen LogP contribution in [0.25, 0.3) is 0 Å². The molecule has 2 saturated heterocycles. The lowest BCUT2D eigenvalue weighted by atomic mass is 10.1. The average molecular weight is 1050 g/mol. The largest absolute Gasteiger partial charge is 0.586 e. The number of anilines is 1. The van der Waals surface area contributed by atoms with Crippen LogP contribution in [0.15, 0.2) is 70.5 Å². The van der Waals surface area contributed by atoms with E-state index in [1.807, 2.05) is 0 Å². The lowest BCUT2D eigenvalue weighted by Crippen LogP contribution is -2.42. The Labute approximate surface area is 406 Å². The summed E-state index contributed by atoms with van der Waals surface area (Å²) in [7, 11) is -7.69. The number of halogens is 5. The van der Waals surface area contributed by atoms with Crippen molar-refractivity contribution >= 4 is 48.8 Å². The number of alkyl halides is 4. The third kappa shape index (κ3) is 14.2. The van der Waals surface area contributed by atoms with Gasteiger partial charge >= 0.3 is 24.0 Å². The van der Waals surface area contributed by atoms with Crippen molar-refractivity contribution in [3.63, 3.8) is 0 Å². The molecule has 2 fully saturated rings. The zero-order chi connectivity index (χ0) is 51.8. The zero-order valence-corrected chi connectivity index (χ0v) is 40.9. The SMILES string of the molecule is CCN(CC)CC.Cc1ccc([N+](=O)[O-])c(Cl)n1.Cc1ccc([N+](=O)[O-])c(NC2CCN(S(=O)(=O)c3ccc4c(c3)OC(F)(F)O4)CC2)n1.NC1CCN(S(=O)(=O)c2ccc3c(c2)OC(F)(F)O3)CC1. The summed E-state index contributed by atoms with van der Waals surface area (Å²) >= 11 is 5.47. The maximum absolute atomic E-state index is 13.2. The van der Waals surface area contributed by atoms with Crippen LogP contribution in [0.5, 0.6) is 23.0 Å². The highest BCUT2D eigenvalue weighted by molar-refractivity contribution is 7.89. The van der Waals surface area contributed by atoms with Gasteiger partial charge in [-0.1, -0.05) is 32.4 Å². The van der Waals surface area contributed by atoms with Crippen molar-refractivity contribution in [2.45, 2.75) is 94.8 Å². The van der Waals surface area contributed by atoms with Crippen molar-refractivity contribution in [3.05, 3.63) is 97.4 Å². The number of hydrogen-bond acceptors (Lipinski definition) is 17. The van der Waals surface area contributed by atoms with Crippen molar-refractivity contribution in [1.82, 2.24) is 23.5 Å². The number of nitrogens with one attached hydrogen (secondary N) is 1. The first kappa shape index (κ1) is 55.2. The number of hydrogen-bond donors (Lipinski definition) is 2. The molecule has 8 rings (SSSR count). The Balaban J connectivity index is 0.000000200. The number of sulfonamides is 2. The number of aryl methyl sites for hydroxylation is 2. The van der Waals surface area contributed by atoms with E-state index in [-0.39, 0.29) is 80.3 Å². The molecular formula is C42H52ClF4N9O12S2. The van der Waals surface area contributed by atoms with Crippen LogP contribution in [0.4, 0.5) is 34.8 Å². The number of nitrogens with two attached hydrogens (primary N) is 1. The molecule has 28 heteroatoms. The summed E-state index contributed by atoms with van der Waals surface area (Å²) in [6.45, 7) is 14.5. The second kappa shape index (κ2) is 23.0. The number of pyridine rings is 2. The third-order valence-electron chi connectivity index (χ3n) is 11.0. The maximum atomic E-state index is 13.2.